The Kier molecular flexibility index (Phi) is 4.85. The summed E-state index contributed by atoms with van der Waals surface area (Å²) in [5.41, 5.74) is 2.31. The highest BCUT2D eigenvalue weighted by Gasteiger charge is 2.18. The predicted octanol–water partition coefficient (Wildman–Crippen LogP) is 1.97. The van der Waals surface area contributed by atoms with Crippen molar-refractivity contribution in [2.24, 2.45) is 5.92 Å². The number of ether oxygens (including phenoxy) is 1. The second-order valence-electron chi connectivity index (χ2n) is 5.68. The molecule has 0 saturated carbocycles. The molecule has 0 aliphatic carbocycles. The number of rotatable bonds is 6. The van der Waals surface area contributed by atoms with Crippen molar-refractivity contribution in [3.8, 4) is 0 Å². The Morgan fingerprint density at radius 1 is 1.32 bits per heavy atom. The summed E-state index contributed by atoms with van der Waals surface area (Å²) in [4.78, 5) is 12.0. The van der Waals surface area contributed by atoms with E-state index in [1.165, 1.54) is 5.56 Å². The molecule has 1 atom stereocenters. The van der Waals surface area contributed by atoms with E-state index in [-0.39, 0.29) is 5.91 Å². The molecular formula is C17H21N3O2. The van der Waals surface area contributed by atoms with Gasteiger partial charge in [-0.05, 0) is 29.5 Å². The molecule has 0 radical (unpaired) electrons. The topological polar surface area (TPSA) is 56.1 Å². The summed E-state index contributed by atoms with van der Waals surface area (Å²) in [6.45, 7) is 2.77. The highest BCUT2D eigenvalue weighted by atomic mass is 16.5. The highest BCUT2D eigenvalue weighted by Crippen LogP contribution is 2.16. The fourth-order valence-electron chi connectivity index (χ4n) is 2.73. The fourth-order valence-corrected chi connectivity index (χ4v) is 2.73. The zero-order valence-corrected chi connectivity index (χ0v) is 12.6. The molecule has 2 aromatic rings. The number of hydrogen-bond acceptors (Lipinski definition) is 3. The van der Waals surface area contributed by atoms with E-state index >= 15 is 0 Å². The molecule has 5 heteroatoms. The van der Waals surface area contributed by atoms with Crippen LogP contribution in [0.15, 0.2) is 42.7 Å². The molecule has 1 aliphatic heterocycles. The van der Waals surface area contributed by atoms with E-state index in [0.717, 1.165) is 25.1 Å². The Labute approximate surface area is 130 Å². The molecule has 3 rings (SSSR count). The molecule has 2 heterocycles. The van der Waals surface area contributed by atoms with Gasteiger partial charge in [0.25, 0.3) is 0 Å². The van der Waals surface area contributed by atoms with Crippen LogP contribution in [0.2, 0.25) is 0 Å². The van der Waals surface area contributed by atoms with Crippen LogP contribution in [0.1, 0.15) is 24.0 Å². The van der Waals surface area contributed by atoms with E-state index in [1.54, 1.807) is 6.20 Å². The monoisotopic (exact) mass is 299 g/mol. The summed E-state index contributed by atoms with van der Waals surface area (Å²) in [6, 6.07) is 10.1. The molecule has 1 amide bonds. The zero-order chi connectivity index (χ0) is 15.2. The molecule has 1 aromatic heterocycles. The quantitative estimate of drug-likeness (QED) is 0.887. The maximum absolute atomic E-state index is 12.0. The Bertz CT molecular complexity index is 604. The summed E-state index contributed by atoms with van der Waals surface area (Å²) < 4.78 is 7.19. The van der Waals surface area contributed by atoms with E-state index in [0.29, 0.717) is 25.5 Å². The van der Waals surface area contributed by atoms with Gasteiger partial charge in [0.05, 0.1) is 6.54 Å². The lowest BCUT2D eigenvalue weighted by atomic mass is 10.0. The molecule has 1 N–H and O–H groups in total. The Hall–Kier alpha value is -2.14. The van der Waals surface area contributed by atoms with Crippen LogP contribution in [0.5, 0.6) is 0 Å². The molecule has 0 spiro atoms. The lowest BCUT2D eigenvalue weighted by molar-refractivity contribution is -0.122. The molecule has 1 unspecified atom stereocenters. The first-order chi connectivity index (χ1) is 10.8. The van der Waals surface area contributed by atoms with Gasteiger partial charge in [0.15, 0.2) is 0 Å². The maximum Gasteiger partial charge on any atom is 0.220 e. The van der Waals surface area contributed by atoms with Crippen molar-refractivity contribution in [3.05, 3.63) is 53.9 Å². The minimum Gasteiger partial charge on any atom is -0.381 e. The molecule has 22 heavy (non-hydrogen) atoms. The Balaban J connectivity index is 1.56. The van der Waals surface area contributed by atoms with Gasteiger partial charge in [0.2, 0.25) is 5.91 Å². The molecule has 0 bridgehead atoms. The lowest BCUT2D eigenvalue weighted by Gasteiger charge is -2.12. The van der Waals surface area contributed by atoms with Crippen LogP contribution in [-0.2, 0) is 22.6 Å². The van der Waals surface area contributed by atoms with Crippen molar-refractivity contribution in [1.82, 2.24) is 15.1 Å². The van der Waals surface area contributed by atoms with Crippen LogP contribution in [0.4, 0.5) is 0 Å². The van der Waals surface area contributed by atoms with Gasteiger partial charge in [-0.1, -0.05) is 24.3 Å². The van der Waals surface area contributed by atoms with Crippen LogP contribution in [-0.4, -0.2) is 28.9 Å². The molecule has 1 fully saturated rings. The van der Waals surface area contributed by atoms with E-state index in [2.05, 4.69) is 22.5 Å². The highest BCUT2D eigenvalue weighted by molar-refractivity contribution is 5.76. The van der Waals surface area contributed by atoms with Gasteiger partial charge in [0.1, 0.15) is 0 Å². The molecule has 1 aliphatic rings. The minimum atomic E-state index is 0.101. The van der Waals surface area contributed by atoms with Crippen molar-refractivity contribution in [2.45, 2.75) is 25.9 Å². The van der Waals surface area contributed by atoms with Crippen LogP contribution < -0.4 is 5.32 Å². The normalized spacial score (nSPS) is 17.5. The molecule has 5 nitrogen and oxygen atoms in total. The van der Waals surface area contributed by atoms with Crippen LogP contribution in [0.3, 0.4) is 0 Å². The van der Waals surface area contributed by atoms with Crippen molar-refractivity contribution in [2.75, 3.05) is 13.2 Å². The largest absolute Gasteiger partial charge is 0.381 e. The average molecular weight is 299 g/mol. The summed E-state index contributed by atoms with van der Waals surface area (Å²) >= 11 is 0. The Morgan fingerprint density at radius 2 is 2.18 bits per heavy atom. The van der Waals surface area contributed by atoms with Crippen LogP contribution >= 0.6 is 0 Å². The number of hydrogen-bond donors (Lipinski definition) is 1. The second kappa shape index (κ2) is 7.22. The van der Waals surface area contributed by atoms with Crippen LogP contribution in [0.25, 0.3) is 0 Å². The summed E-state index contributed by atoms with van der Waals surface area (Å²) in [5.74, 6) is 0.476. The zero-order valence-electron chi connectivity index (χ0n) is 12.6. The van der Waals surface area contributed by atoms with E-state index < -0.39 is 0 Å². The van der Waals surface area contributed by atoms with Gasteiger partial charge < -0.3 is 10.1 Å². The minimum absolute atomic E-state index is 0.101. The molecular weight excluding hydrogens is 278 g/mol. The third-order valence-corrected chi connectivity index (χ3v) is 3.98. The number of nitrogens with zero attached hydrogens (tertiary/aromatic N) is 2. The van der Waals surface area contributed by atoms with Gasteiger partial charge in [0, 0.05) is 38.6 Å². The van der Waals surface area contributed by atoms with E-state index in [9.17, 15) is 4.79 Å². The Morgan fingerprint density at radius 3 is 2.91 bits per heavy atom. The fraction of sp³-hybridized carbons (Fsp3) is 0.412. The molecule has 116 valence electrons. The third kappa shape index (κ3) is 3.95. The average Bonchev–Trinajstić information content (AvgIpc) is 3.20. The number of aromatic nitrogens is 2. The van der Waals surface area contributed by atoms with Crippen molar-refractivity contribution in [3.63, 3.8) is 0 Å². The van der Waals surface area contributed by atoms with E-state index in [4.69, 9.17) is 4.74 Å². The summed E-state index contributed by atoms with van der Waals surface area (Å²) in [6.07, 6.45) is 5.26. The third-order valence-electron chi connectivity index (χ3n) is 3.98. The first-order valence-corrected chi connectivity index (χ1v) is 7.70. The van der Waals surface area contributed by atoms with Gasteiger partial charge in [-0.15, -0.1) is 0 Å². The van der Waals surface area contributed by atoms with E-state index in [1.807, 2.05) is 29.1 Å². The number of nitrogens with one attached hydrogen (secondary N) is 1. The molecule has 1 saturated heterocycles. The van der Waals surface area contributed by atoms with Gasteiger partial charge in [-0.2, -0.15) is 5.10 Å². The lowest BCUT2D eigenvalue weighted by Crippen LogP contribution is -2.26. The van der Waals surface area contributed by atoms with Gasteiger partial charge >= 0.3 is 0 Å². The second-order valence-corrected chi connectivity index (χ2v) is 5.68. The molecule has 1 aromatic carbocycles. The summed E-state index contributed by atoms with van der Waals surface area (Å²) in [5, 5.41) is 7.25. The number of carbonyl (C=O) groups excluding carboxylic acids is 1. The first-order valence-electron chi connectivity index (χ1n) is 7.70. The SMILES string of the molecule is O=C(CC1CCOC1)NCc1ccccc1Cn1cccn1. The van der Waals surface area contributed by atoms with Gasteiger partial charge in [-0.3, -0.25) is 9.48 Å². The van der Waals surface area contributed by atoms with Crippen molar-refractivity contribution >= 4 is 5.91 Å². The van der Waals surface area contributed by atoms with Crippen molar-refractivity contribution < 1.29 is 9.53 Å². The maximum atomic E-state index is 12.0. The predicted molar refractivity (Wildman–Crippen MR) is 83.2 cm³/mol. The van der Waals surface area contributed by atoms with Crippen molar-refractivity contribution in [1.29, 1.82) is 0 Å². The standard InChI is InChI=1S/C17H21N3O2/c21-17(10-14-6-9-22-13-14)18-11-15-4-1-2-5-16(15)12-20-8-3-7-19-20/h1-5,7-8,14H,6,9-13H2,(H,18,21). The van der Waals surface area contributed by atoms with Gasteiger partial charge in [-0.25, -0.2) is 0 Å². The number of amides is 1. The first kappa shape index (κ1) is 14.8. The smallest absolute Gasteiger partial charge is 0.220 e. The van der Waals surface area contributed by atoms with Crippen LogP contribution in [0, 0.1) is 5.92 Å². The summed E-state index contributed by atoms with van der Waals surface area (Å²) in [7, 11) is 0. The number of carbonyl (C=O) groups is 1. The number of benzene rings is 1.